The number of rotatable bonds is 3. The van der Waals surface area contributed by atoms with Crippen LogP contribution in [0.1, 0.15) is 12.8 Å². The Kier molecular flexibility index (Phi) is 3.30. The summed E-state index contributed by atoms with van der Waals surface area (Å²) in [6.07, 6.45) is 2.34. The van der Waals surface area contributed by atoms with Crippen molar-refractivity contribution in [3.63, 3.8) is 0 Å². The van der Waals surface area contributed by atoms with E-state index in [2.05, 4.69) is 23.9 Å². The van der Waals surface area contributed by atoms with Gasteiger partial charge >= 0.3 is 0 Å². The second-order valence-corrected chi connectivity index (χ2v) is 5.04. The molecule has 2 unspecified atom stereocenters. The van der Waals surface area contributed by atoms with Gasteiger partial charge in [-0.05, 0) is 33.5 Å². The molecular formula is C11H23N3O. The normalized spacial score (nSPS) is 38.0. The molecule has 0 aromatic rings. The maximum absolute atomic E-state index is 5.99. The number of nitrogens with two attached hydrogens (primary N) is 1. The van der Waals surface area contributed by atoms with Gasteiger partial charge in [0.2, 0.25) is 0 Å². The molecule has 15 heavy (non-hydrogen) atoms. The van der Waals surface area contributed by atoms with E-state index in [9.17, 15) is 0 Å². The fourth-order valence-electron chi connectivity index (χ4n) is 2.87. The first-order chi connectivity index (χ1) is 7.18. The highest BCUT2D eigenvalue weighted by Gasteiger charge is 2.42. The molecule has 2 fully saturated rings. The van der Waals surface area contributed by atoms with Crippen molar-refractivity contribution in [2.45, 2.75) is 24.4 Å². The molecule has 0 aliphatic carbocycles. The third-order valence-electron chi connectivity index (χ3n) is 4.10. The Morgan fingerprint density at radius 1 is 1.60 bits per heavy atom. The quantitative estimate of drug-likeness (QED) is 0.701. The average Bonchev–Trinajstić information content (AvgIpc) is 2.86. The van der Waals surface area contributed by atoms with Gasteiger partial charge in [0, 0.05) is 31.3 Å². The summed E-state index contributed by atoms with van der Waals surface area (Å²) >= 11 is 0. The van der Waals surface area contributed by atoms with Crippen LogP contribution >= 0.6 is 0 Å². The second-order valence-electron chi connectivity index (χ2n) is 5.04. The van der Waals surface area contributed by atoms with Crippen LogP contribution in [0.4, 0.5) is 0 Å². The summed E-state index contributed by atoms with van der Waals surface area (Å²) in [6, 6.07) is 0.569. The SMILES string of the molecule is CN1CCC(CN)(N(C)C2CCOC2)C1. The molecular weight excluding hydrogens is 190 g/mol. The van der Waals surface area contributed by atoms with E-state index in [0.717, 1.165) is 39.3 Å². The zero-order valence-corrected chi connectivity index (χ0v) is 9.91. The summed E-state index contributed by atoms with van der Waals surface area (Å²) < 4.78 is 5.46. The summed E-state index contributed by atoms with van der Waals surface area (Å²) in [5.74, 6) is 0. The molecule has 4 nitrogen and oxygen atoms in total. The van der Waals surface area contributed by atoms with E-state index >= 15 is 0 Å². The lowest BCUT2D eigenvalue weighted by atomic mass is 9.94. The molecule has 2 atom stereocenters. The third-order valence-corrected chi connectivity index (χ3v) is 4.10. The Morgan fingerprint density at radius 3 is 2.87 bits per heavy atom. The van der Waals surface area contributed by atoms with E-state index in [4.69, 9.17) is 10.5 Å². The molecule has 2 aliphatic rings. The van der Waals surface area contributed by atoms with E-state index in [-0.39, 0.29) is 5.54 Å². The fraction of sp³-hybridized carbons (Fsp3) is 1.00. The highest BCUT2D eigenvalue weighted by Crippen LogP contribution is 2.29. The van der Waals surface area contributed by atoms with Gasteiger partial charge in [-0.15, -0.1) is 0 Å². The lowest BCUT2D eigenvalue weighted by Crippen LogP contribution is -2.57. The third kappa shape index (κ3) is 2.04. The molecule has 2 rings (SSSR count). The predicted molar refractivity (Wildman–Crippen MR) is 60.9 cm³/mol. The maximum Gasteiger partial charge on any atom is 0.0622 e. The van der Waals surface area contributed by atoms with Gasteiger partial charge in [-0.2, -0.15) is 0 Å². The number of likely N-dealkylation sites (tertiary alicyclic amines) is 1. The molecule has 0 aromatic heterocycles. The van der Waals surface area contributed by atoms with Crippen LogP contribution in [0.2, 0.25) is 0 Å². The Labute approximate surface area is 92.4 Å². The van der Waals surface area contributed by atoms with Crippen LogP contribution in [0.15, 0.2) is 0 Å². The largest absolute Gasteiger partial charge is 0.380 e. The van der Waals surface area contributed by atoms with Gasteiger partial charge in [0.05, 0.1) is 6.61 Å². The lowest BCUT2D eigenvalue weighted by molar-refractivity contribution is 0.0726. The van der Waals surface area contributed by atoms with Crippen molar-refractivity contribution in [2.75, 3.05) is 46.9 Å². The molecule has 2 aliphatic heterocycles. The highest BCUT2D eigenvalue weighted by molar-refractivity contribution is 5.00. The Hall–Kier alpha value is -0.160. The minimum absolute atomic E-state index is 0.188. The van der Waals surface area contributed by atoms with E-state index in [1.54, 1.807) is 0 Å². The van der Waals surface area contributed by atoms with Crippen molar-refractivity contribution >= 4 is 0 Å². The maximum atomic E-state index is 5.99. The van der Waals surface area contributed by atoms with Crippen LogP contribution in [0.25, 0.3) is 0 Å². The minimum atomic E-state index is 0.188. The average molecular weight is 213 g/mol. The first-order valence-electron chi connectivity index (χ1n) is 5.87. The van der Waals surface area contributed by atoms with Crippen LogP contribution < -0.4 is 5.73 Å². The number of likely N-dealkylation sites (N-methyl/N-ethyl adjacent to an activating group) is 2. The zero-order valence-electron chi connectivity index (χ0n) is 9.91. The lowest BCUT2D eigenvalue weighted by Gasteiger charge is -2.41. The Balaban J connectivity index is 2.04. The summed E-state index contributed by atoms with van der Waals surface area (Å²) in [5, 5.41) is 0. The molecule has 2 heterocycles. The molecule has 2 saturated heterocycles. The standard InChI is InChI=1S/C11H23N3O/c1-13-5-4-11(8-12,9-13)14(2)10-3-6-15-7-10/h10H,3-9,12H2,1-2H3. The van der Waals surface area contributed by atoms with Crippen LogP contribution in [0, 0.1) is 0 Å². The van der Waals surface area contributed by atoms with E-state index in [0.29, 0.717) is 6.04 Å². The predicted octanol–water partition coefficient (Wildman–Crippen LogP) is -0.260. The van der Waals surface area contributed by atoms with Crippen molar-refractivity contribution in [3.8, 4) is 0 Å². The fourth-order valence-corrected chi connectivity index (χ4v) is 2.87. The van der Waals surface area contributed by atoms with Crippen molar-refractivity contribution < 1.29 is 4.74 Å². The highest BCUT2D eigenvalue weighted by atomic mass is 16.5. The molecule has 2 N–H and O–H groups in total. The van der Waals surface area contributed by atoms with Gasteiger partial charge in [0.15, 0.2) is 0 Å². The smallest absolute Gasteiger partial charge is 0.0622 e. The molecule has 0 saturated carbocycles. The van der Waals surface area contributed by atoms with Crippen LogP contribution in [0.3, 0.4) is 0 Å². The summed E-state index contributed by atoms with van der Waals surface area (Å²) in [6.45, 7) is 4.80. The van der Waals surface area contributed by atoms with Crippen LogP contribution in [-0.4, -0.2) is 68.3 Å². The molecule has 0 amide bonds. The molecule has 0 radical (unpaired) electrons. The first-order valence-corrected chi connectivity index (χ1v) is 5.87. The van der Waals surface area contributed by atoms with Crippen molar-refractivity contribution in [1.29, 1.82) is 0 Å². The number of hydrogen-bond acceptors (Lipinski definition) is 4. The first kappa shape index (κ1) is 11.3. The molecule has 88 valence electrons. The van der Waals surface area contributed by atoms with Crippen molar-refractivity contribution in [1.82, 2.24) is 9.80 Å². The van der Waals surface area contributed by atoms with E-state index < -0.39 is 0 Å². The van der Waals surface area contributed by atoms with Gasteiger partial charge in [0.1, 0.15) is 0 Å². The van der Waals surface area contributed by atoms with Gasteiger partial charge in [0.25, 0.3) is 0 Å². The topological polar surface area (TPSA) is 41.7 Å². The van der Waals surface area contributed by atoms with Gasteiger partial charge in [-0.3, -0.25) is 4.90 Å². The molecule has 4 heteroatoms. The van der Waals surface area contributed by atoms with Crippen LogP contribution in [-0.2, 0) is 4.74 Å². The number of ether oxygens (including phenoxy) is 1. The van der Waals surface area contributed by atoms with Gasteiger partial charge < -0.3 is 15.4 Å². The van der Waals surface area contributed by atoms with Crippen molar-refractivity contribution in [3.05, 3.63) is 0 Å². The molecule has 0 bridgehead atoms. The van der Waals surface area contributed by atoms with E-state index in [1.807, 2.05) is 0 Å². The summed E-state index contributed by atoms with van der Waals surface area (Å²) in [7, 11) is 4.39. The van der Waals surface area contributed by atoms with Crippen molar-refractivity contribution in [2.24, 2.45) is 5.73 Å². The van der Waals surface area contributed by atoms with Gasteiger partial charge in [-0.1, -0.05) is 0 Å². The monoisotopic (exact) mass is 213 g/mol. The second kappa shape index (κ2) is 4.37. The summed E-state index contributed by atoms with van der Waals surface area (Å²) in [5.41, 5.74) is 6.18. The van der Waals surface area contributed by atoms with E-state index in [1.165, 1.54) is 6.42 Å². The Bertz CT molecular complexity index is 218. The zero-order chi connectivity index (χ0) is 10.9. The molecule has 0 spiro atoms. The molecule has 0 aromatic carbocycles. The Morgan fingerprint density at radius 2 is 2.40 bits per heavy atom. The number of hydrogen-bond donors (Lipinski definition) is 1. The van der Waals surface area contributed by atoms with Crippen LogP contribution in [0.5, 0.6) is 0 Å². The van der Waals surface area contributed by atoms with Gasteiger partial charge in [-0.25, -0.2) is 0 Å². The minimum Gasteiger partial charge on any atom is -0.380 e. The summed E-state index contributed by atoms with van der Waals surface area (Å²) in [4.78, 5) is 4.85. The number of nitrogens with zero attached hydrogens (tertiary/aromatic N) is 2.